The van der Waals surface area contributed by atoms with Gasteiger partial charge in [0.05, 0.1) is 18.0 Å². The number of halogens is 1. The van der Waals surface area contributed by atoms with E-state index in [9.17, 15) is 4.39 Å². The Bertz CT molecular complexity index is 826. The maximum Gasteiger partial charge on any atom is 0.157 e. The molecule has 0 bridgehead atoms. The number of anilines is 1. The Hall–Kier alpha value is -2.47. The normalized spacial score (nSPS) is 17.7. The highest BCUT2D eigenvalue weighted by Gasteiger charge is 2.16. The van der Waals surface area contributed by atoms with Crippen LogP contribution < -0.4 is 5.32 Å². The van der Waals surface area contributed by atoms with Crippen LogP contribution in [-0.4, -0.2) is 33.9 Å². The van der Waals surface area contributed by atoms with Gasteiger partial charge in [-0.05, 0) is 25.0 Å². The SMILES string of the molecule is Fc1ccccc1-c1cc(NC[C@H]2CCCO2)n2nccc2n1. The molecule has 3 heterocycles. The van der Waals surface area contributed by atoms with Crippen LogP contribution in [0.5, 0.6) is 0 Å². The number of hydrogen-bond donors (Lipinski definition) is 1. The second kappa shape index (κ2) is 5.96. The van der Waals surface area contributed by atoms with Gasteiger partial charge in [0.15, 0.2) is 5.65 Å². The molecule has 23 heavy (non-hydrogen) atoms. The maximum absolute atomic E-state index is 14.1. The molecular formula is C17H17FN4O. The van der Waals surface area contributed by atoms with Crippen molar-refractivity contribution in [2.45, 2.75) is 18.9 Å². The minimum absolute atomic E-state index is 0.214. The maximum atomic E-state index is 14.1. The Morgan fingerprint density at radius 1 is 1.30 bits per heavy atom. The molecule has 2 aromatic heterocycles. The summed E-state index contributed by atoms with van der Waals surface area (Å²) < 4.78 is 21.4. The first-order valence-corrected chi connectivity index (χ1v) is 7.76. The number of nitrogens with one attached hydrogen (secondary N) is 1. The largest absolute Gasteiger partial charge is 0.376 e. The molecule has 1 aliphatic heterocycles. The molecule has 0 spiro atoms. The lowest BCUT2D eigenvalue weighted by Gasteiger charge is -2.14. The van der Waals surface area contributed by atoms with Crippen molar-refractivity contribution in [2.24, 2.45) is 0 Å². The molecule has 1 aromatic carbocycles. The fourth-order valence-corrected chi connectivity index (χ4v) is 2.87. The minimum Gasteiger partial charge on any atom is -0.376 e. The summed E-state index contributed by atoms with van der Waals surface area (Å²) in [6.45, 7) is 1.52. The van der Waals surface area contributed by atoms with Crippen LogP contribution in [0, 0.1) is 5.82 Å². The zero-order chi connectivity index (χ0) is 15.6. The summed E-state index contributed by atoms with van der Waals surface area (Å²) in [6.07, 6.45) is 4.05. The van der Waals surface area contributed by atoms with Crippen molar-refractivity contribution in [1.29, 1.82) is 0 Å². The van der Waals surface area contributed by atoms with Crippen LogP contribution in [0.25, 0.3) is 16.9 Å². The number of rotatable bonds is 4. The smallest absolute Gasteiger partial charge is 0.157 e. The third-order valence-corrected chi connectivity index (χ3v) is 4.04. The van der Waals surface area contributed by atoms with Crippen LogP contribution >= 0.6 is 0 Å². The monoisotopic (exact) mass is 312 g/mol. The van der Waals surface area contributed by atoms with Gasteiger partial charge in [-0.1, -0.05) is 12.1 Å². The Morgan fingerprint density at radius 3 is 3.04 bits per heavy atom. The summed E-state index contributed by atoms with van der Waals surface area (Å²) in [7, 11) is 0. The van der Waals surface area contributed by atoms with Crippen molar-refractivity contribution in [2.75, 3.05) is 18.5 Å². The average Bonchev–Trinajstić information content (AvgIpc) is 3.24. The van der Waals surface area contributed by atoms with E-state index in [0.29, 0.717) is 23.4 Å². The van der Waals surface area contributed by atoms with E-state index >= 15 is 0 Å². The third kappa shape index (κ3) is 2.77. The molecule has 0 amide bonds. The fourth-order valence-electron chi connectivity index (χ4n) is 2.87. The number of benzene rings is 1. The van der Waals surface area contributed by atoms with Gasteiger partial charge < -0.3 is 10.1 Å². The van der Waals surface area contributed by atoms with E-state index in [1.54, 1.807) is 28.9 Å². The van der Waals surface area contributed by atoms with E-state index in [1.165, 1.54) is 6.07 Å². The number of hydrogen-bond acceptors (Lipinski definition) is 4. The molecule has 4 rings (SSSR count). The highest BCUT2D eigenvalue weighted by molar-refractivity contribution is 5.66. The molecule has 1 saturated heterocycles. The van der Waals surface area contributed by atoms with Gasteiger partial charge in [0, 0.05) is 30.8 Å². The summed E-state index contributed by atoms with van der Waals surface area (Å²) in [5.41, 5.74) is 1.75. The van der Waals surface area contributed by atoms with Gasteiger partial charge in [0.2, 0.25) is 0 Å². The molecule has 3 aromatic rings. The Labute approximate surface area is 133 Å². The topological polar surface area (TPSA) is 51.5 Å². The van der Waals surface area contributed by atoms with E-state index in [-0.39, 0.29) is 11.9 Å². The summed E-state index contributed by atoms with van der Waals surface area (Å²) in [5.74, 6) is 0.502. The lowest BCUT2D eigenvalue weighted by atomic mass is 10.1. The molecule has 0 saturated carbocycles. The predicted molar refractivity (Wildman–Crippen MR) is 85.8 cm³/mol. The molecule has 0 aliphatic carbocycles. The Balaban J connectivity index is 1.71. The molecule has 6 heteroatoms. The van der Waals surface area contributed by atoms with E-state index in [4.69, 9.17) is 4.74 Å². The third-order valence-electron chi connectivity index (χ3n) is 4.04. The standard InChI is InChI=1S/C17H17FN4O/c18-14-6-2-1-5-13(14)15-10-17(19-11-12-4-3-9-23-12)22-16(21-15)7-8-20-22/h1-2,5-8,10,12,19H,3-4,9,11H2/t12-/m1/s1. The quantitative estimate of drug-likeness (QED) is 0.804. The van der Waals surface area contributed by atoms with Crippen LogP contribution in [0.1, 0.15) is 12.8 Å². The van der Waals surface area contributed by atoms with E-state index in [1.807, 2.05) is 12.1 Å². The van der Waals surface area contributed by atoms with Crippen molar-refractivity contribution >= 4 is 11.5 Å². The van der Waals surface area contributed by atoms with Crippen molar-refractivity contribution < 1.29 is 9.13 Å². The number of aromatic nitrogens is 3. The van der Waals surface area contributed by atoms with Gasteiger partial charge in [-0.15, -0.1) is 0 Å². The summed E-state index contributed by atoms with van der Waals surface area (Å²) in [6, 6.07) is 10.3. The second-order valence-electron chi connectivity index (χ2n) is 5.62. The molecule has 1 aliphatic rings. The highest BCUT2D eigenvalue weighted by Crippen LogP contribution is 2.24. The van der Waals surface area contributed by atoms with Crippen LogP contribution in [0.3, 0.4) is 0 Å². The van der Waals surface area contributed by atoms with Crippen molar-refractivity contribution in [3.63, 3.8) is 0 Å². The van der Waals surface area contributed by atoms with Crippen molar-refractivity contribution in [1.82, 2.24) is 14.6 Å². The van der Waals surface area contributed by atoms with Gasteiger partial charge >= 0.3 is 0 Å². The van der Waals surface area contributed by atoms with Gasteiger partial charge in [-0.2, -0.15) is 9.61 Å². The predicted octanol–water partition coefficient (Wildman–Crippen LogP) is 3.13. The van der Waals surface area contributed by atoms with Crippen molar-refractivity contribution in [3.05, 3.63) is 48.4 Å². The summed E-state index contributed by atoms with van der Waals surface area (Å²) >= 11 is 0. The molecule has 0 unspecified atom stereocenters. The molecule has 5 nitrogen and oxygen atoms in total. The van der Waals surface area contributed by atoms with Gasteiger partial charge in [-0.25, -0.2) is 9.37 Å². The Kier molecular flexibility index (Phi) is 3.67. The highest BCUT2D eigenvalue weighted by atomic mass is 19.1. The number of ether oxygens (including phenoxy) is 1. The average molecular weight is 312 g/mol. The molecule has 1 N–H and O–H groups in total. The van der Waals surface area contributed by atoms with E-state index < -0.39 is 0 Å². The second-order valence-corrected chi connectivity index (χ2v) is 5.62. The van der Waals surface area contributed by atoms with Crippen LogP contribution in [0.2, 0.25) is 0 Å². The molecule has 1 atom stereocenters. The first-order chi connectivity index (χ1) is 11.3. The van der Waals surface area contributed by atoms with Crippen LogP contribution in [0.15, 0.2) is 42.6 Å². The number of fused-ring (bicyclic) bond motifs is 1. The Morgan fingerprint density at radius 2 is 2.22 bits per heavy atom. The lowest BCUT2D eigenvalue weighted by molar-refractivity contribution is 0.120. The van der Waals surface area contributed by atoms with E-state index in [0.717, 1.165) is 25.3 Å². The number of nitrogens with zero attached hydrogens (tertiary/aromatic N) is 3. The first-order valence-electron chi connectivity index (χ1n) is 7.76. The zero-order valence-electron chi connectivity index (χ0n) is 12.6. The summed E-state index contributed by atoms with van der Waals surface area (Å²) in [5, 5.41) is 7.64. The molecule has 118 valence electrons. The van der Waals surface area contributed by atoms with Gasteiger partial charge in [-0.3, -0.25) is 0 Å². The van der Waals surface area contributed by atoms with Gasteiger partial charge in [0.25, 0.3) is 0 Å². The lowest BCUT2D eigenvalue weighted by Crippen LogP contribution is -2.20. The fraction of sp³-hybridized carbons (Fsp3) is 0.294. The molecule has 0 radical (unpaired) electrons. The zero-order valence-corrected chi connectivity index (χ0v) is 12.6. The minimum atomic E-state index is -0.283. The van der Waals surface area contributed by atoms with Crippen LogP contribution in [-0.2, 0) is 4.74 Å². The first kappa shape index (κ1) is 14.1. The van der Waals surface area contributed by atoms with E-state index in [2.05, 4.69) is 15.4 Å². The van der Waals surface area contributed by atoms with Gasteiger partial charge in [0.1, 0.15) is 11.6 Å². The van der Waals surface area contributed by atoms with Crippen LogP contribution in [0.4, 0.5) is 10.2 Å². The molecular weight excluding hydrogens is 295 g/mol. The summed E-state index contributed by atoms with van der Waals surface area (Å²) in [4.78, 5) is 4.50. The molecule has 1 fully saturated rings. The van der Waals surface area contributed by atoms with Crippen molar-refractivity contribution in [3.8, 4) is 11.3 Å².